The molecule has 1 aromatic carbocycles. The SMILES string of the molecule is CC[C@H]1OC(=O)[C@H](C)[C@@H](C2C[C@@](C)(OC)[C@@H](O)[C@H](C)O2)[C@H](C)[C@@H](O[C@@H]2O[C@H](C)C[C@H](N(C)CCc3cn([C@H](CF)[C@H](OC)c4ccc(C(=O)N5CCOCC5)cc4)nn3)[C@H]2O)[C@](C)(O)C[C@@H](C)CN(C)[C@H](C)[C@@H](O)[C@]1(C)O. The van der Waals surface area contributed by atoms with Gasteiger partial charge in [0.25, 0.3) is 5.91 Å². The Labute approximate surface area is 455 Å². The van der Waals surface area contributed by atoms with Gasteiger partial charge in [0.05, 0.1) is 60.4 Å². The summed E-state index contributed by atoms with van der Waals surface area (Å²) < 4.78 is 59.9. The number of amides is 1. The summed E-state index contributed by atoms with van der Waals surface area (Å²) in [6.07, 6.45) is -6.52. The van der Waals surface area contributed by atoms with E-state index in [2.05, 4.69) is 10.3 Å². The summed E-state index contributed by atoms with van der Waals surface area (Å²) in [5, 5.41) is 69.0. The number of hydrogen-bond acceptors (Lipinski definition) is 18. The van der Waals surface area contributed by atoms with Gasteiger partial charge in [-0.05, 0) is 104 Å². The van der Waals surface area contributed by atoms with Crippen molar-refractivity contribution < 1.29 is 72.7 Å². The van der Waals surface area contributed by atoms with Gasteiger partial charge in [0.1, 0.15) is 48.8 Å². The summed E-state index contributed by atoms with van der Waals surface area (Å²) >= 11 is 0. The number of ether oxygens (including phenoxy) is 7. The molecular weight excluding hydrogens is 1000 g/mol. The average molecular weight is 1090 g/mol. The number of alkyl halides is 1. The summed E-state index contributed by atoms with van der Waals surface area (Å²) in [7, 11) is 6.74. The molecule has 4 saturated heterocycles. The van der Waals surface area contributed by atoms with Crippen LogP contribution in [0.1, 0.15) is 129 Å². The van der Waals surface area contributed by atoms with Crippen LogP contribution >= 0.6 is 0 Å². The molecule has 6 rings (SSSR count). The van der Waals surface area contributed by atoms with Gasteiger partial charge in [-0.2, -0.15) is 0 Å². The number of likely N-dealkylation sites (N-methyl/N-ethyl adjacent to an activating group) is 2. The summed E-state index contributed by atoms with van der Waals surface area (Å²) in [4.78, 5) is 33.4. The minimum Gasteiger partial charge on any atom is -0.459 e. The molecule has 0 radical (unpaired) electrons. The number of aromatic nitrogens is 3. The van der Waals surface area contributed by atoms with Crippen molar-refractivity contribution >= 4 is 11.9 Å². The number of rotatable bonds is 15. The molecule has 4 aliphatic heterocycles. The van der Waals surface area contributed by atoms with E-state index in [4.69, 9.17) is 33.2 Å². The van der Waals surface area contributed by atoms with E-state index in [1.54, 1.807) is 76.9 Å². The van der Waals surface area contributed by atoms with E-state index in [1.807, 2.05) is 44.7 Å². The van der Waals surface area contributed by atoms with Crippen LogP contribution in [0.15, 0.2) is 30.5 Å². The van der Waals surface area contributed by atoms with Crippen LogP contribution in [-0.4, -0.2) is 225 Å². The largest absolute Gasteiger partial charge is 0.459 e. The highest BCUT2D eigenvalue weighted by Gasteiger charge is 2.55. The van der Waals surface area contributed by atoms with Gasteiger partial charge < -0.3 is 73.4 Å². The van der Waals surface area contributed by atoms with Crippen LogP contribution in [0.3, 0.4) is 0 Å². The Morgan fingerprint density at radius 3 is 2.25 bits per heavy atom. The summed E-state index contributed by atoms with van der Waals surface area (Å²) in [6.45, 7) is 19.8. The number of esters is 1. The molecule has 4 aliphatic rings. The lowest BCUT2D eigenvalue weighted by molar-refractivity contribution is -0.302. The fourth-order valence-electron chi connectivity index (χ4n) is 12.8. The van der Waals surface area contributed by atoms with Crippen LogP contribution in [-0.2, 0) is 44.4 Å². The van der Waals surface area contributed by atoms with Gasteiger partial charge in [0, 0.05) is 83.0 Å². The number of nitrogens with zero attached hydrogens (tertiary/aromatic N) is 6. The van der Waals surface area contributed by atoms with Crippen LogP contribution in [0.4, 0.5) is 4.39 Å². The Bertz CT molecular complexity index is 2190. The van der Waals surface area contributed by atoms with E-state index >= 15 is 0 Å². The molecule has 1 unspecified atom stereocenters. The minimum absolute atomic E-state index is 0.0945. The Kier molecular flexibility index (Phi) is 21.7. The third-order valence-electron chi connectivity index (χ3n) is 17.6. The van der Waals surface area contributed by atoms with Gasteiger partial charge in [-0.1, -0.05) is 45.0 Å². The standard InChI is InChI=1S/C56H93FN6O14/c1-15-44-56(10,70)48(65)36(6)61(12)30-32(2)27-54(8,69)50(34(4)45(35(5)52(68)76-44)43-28-55(9,72-14)49(66)37(7)75-43)77-53-46(64)41(26-33(3)74-53)60(11)21-20-40-31-63(59-58-40)42(29-57)47(71-13)38-16-18-39(19-17-38)51(67)62-22-24-73-25-23-62/h16-19,31-37,41-50,53,64-66,69-70H,15,20-30H2,1-14H3/t32-,33-,34+,35-,36-,37+,41+,42-,43?,44-,45+,46-,47-,48-,49+,50-,53+,54-,55-,56-/m1/s1. The van der Waals surface area contributed by atoms with Crippen molar-refractivity contribution in [2.45, 2.75) is 197 Å². The lowest BCUT2D eigenvalue weighted by Gasteiger charge is -2.51. The number of methoxy groups -OCH3 is 2. The van der Waals surface area contributed by atoms with Crippen LogP contribution in [0.25, 0.3) is 0 Å². The van der Waals surface area contributed by atoms with Gasteiger partial charge in [0.2, 0.25) is 0 Å². The molecular formula is C56H93FN6O14. The first-order valence-electron chi connectivity index (χ1n) is 27.8. The number of halogens is 1. The third kappa shape index (κ3) is 14.3. The van der Waals surface area contributed by atoms with Crippen molar-refractivity contribution in [2.75, 3.05) is 74.4 Å². The first kappa shape index (κ1) is 62.9. The van der Waals surface area contributed by atoms with E-state index < -0.39 is 127 Å². The number of carbonyl (C=O) groups excluding carboxylic acids is 2. The second-order valence-corrected chi connectivity index (χ2v) is 23.6. The maximum Gasteiger partial charge on any atom is 0.309 e. The lowest BCUT2D eigenvalue weighted by atomic mass is 9.68. The molecule has 20 nitrogen and oxygen atoms in total. The Balaban J connectivity index is 1.25. The first-order valence-corrected chi connectivity index (χ1v) is 27.8. The number of aliphatic hydroxyl groups is 5. The fraction of sp³-hybridized carbons (Fsp3) is 0.821. The highest BCUT2D eigenvalue weighted by atomic mass is 19.1. The highest BCUT2D eigenvalue weighted by Crippen LogP contribution is 2.45. The zero-order valence-corrected chi connectivity index (χ0v) is 48.2. The van der Waals surface area contributed by atoms with Gasteiger partial charge in [-0.15, -0.1) is 5.10 Å². The Hall–Kier alpha value is -3.29. The maximum atomic E-state index is 15.0. The number of cyclic esters (lactones) is 1. The molecule has 77 heavy (non-hydrogen) atoms. The van der Waals surface area contributed by atoms with E-state index in [0.29, 0.717) is 69.1 Å². The van der Waals surface area contributed by atoms with Crippen molar-refractivity contribution in [3.05, 3.63) is 47.3 Å². The van der Waals surface area contributed by atoms with Crippen molar-refractivity contribution in [3.8, 4) is 0 Å². The lowest BCUT2D eigenvalue weighted by Crippen LogP contribution is -2.62. The Morgan fingerprint density at radius 2 is 1.64 bits per heavy atom. The minimum atomic E-state index is -1.84. The summed E-state index contributed by atoms with van der Waals surface area (Å²) in [6, 6.07) is 5.05. The monoisotopic (exact) mass is 1090 g/mol. The molecule has 0 aliphatic carbocycles. The second kappa shape index (κ2) is 26.5. The number of hydrogen-bond donors (Lipinski definition) is 5. The normalized spacial score (nSPS) is 39.4. The number of aliphatic hydroxyl groups excluding tert-OH is 3. The van der Waals surface area contributed by atoms with Gasteiger partial charge in [-0.3, -0.25) is 9.59 Å². The van der Waals surface area contributed by atoms with Gasteiger partial charge >= 0.3 is 5.97 Å². The number of morpholine rings is 1. The molecule has 0 saturated carbocycles. The van der Waals surface area contributed by atoms with E-state index in [-0.39, 0.29) is 31.1 Å². The van der Waals surface area contributed by atoms with Crippen molar-refractivity contribution in [3.63, 3.8) is 0 Å². The molecule has 5 N–H and O–H groups in total. The molecule has 1 amide bonds. The topological polar surface area (TPSA) is 240 Å². The number of carbonyl (C=O) groups is 2. The molecule has 1 aromatic heterocycles. The molecule has 4 fully saturated rings. The zero-order chi connectivity index (χ0) is 56.9. The predicted octanol–water partition coefficient (Wildman–Crippen LogP) is 3.75. The van der Waals surface area contributed by atoms with E-state index in [1.165, 1.54) is 25.8 Å². The van der Waals surface area contributed by atoms with Crippen molar-refractivity contribution in [1.82, 2.24) is 29.7 Å². The molecule has 438 valence electrons. The third-order valence-corrected chi connectivity index (χ3v) is 17.6. The van der Waals surface area contributed by atoms with Crippen molar-refractivity contribution in [2.24, 2.45) is 23.7 Å². The van der Waals surface area contributed by atoms with Crippen molar-refractivity contribution in [1.29, 1.82) is 0 Å². The van der Waals surface area contributed by atoms with E-state index in [9.17, 15) is 39.5 Å². The van der Waals surface area contributed by atoms with Crippen LogP contribution in [0.2, 0.25) is 0 Å². The second-order valence-electron chi connectivity index (χ2n) is 23.6. The van der Waals surface area contributed by atoms with Crippen LogP contribution in [0.5, 0.6) is 0 Å². The summed E-state index contributed by atoms with van der Waals surface area (Å²) in [5.74, 6) is -3.40. The Morgan fingerprint density at radius 1 is 0.974 bits per heavy atom. The van der Waals surface area contributed by atoms with Crippen LogP contribution < -0.4 is 0 Å². The molecule has 0 bridgehead atoms. The molecule has 21 heteroatoms. The molecule has 2 aromatic rings. The number of benzene rings is 1. The molecule has 0 spiro atoms. The predicted molar refractivity (Wildman–Crippen MR) is 283 cm³/mol. The highest BCUT2D eigenvalue weighted by molar-refractivity contribution is 5.94. The van der Waals surface area contributed by atoms with Crippen LogP contribution in [0, 0.1) is 23.7 Å². The van der Waals surface area contributed by atoms with E-state index in [0.717, 1.165) is 0 Å². The average Bonchev–Trinajstić information content (AvgIpc) is 3.87. The maximum absolute atomic E-state index is 15.0. The summed E-state index contributed by atoms with van der Waals surface area (Å²) in [5.41, 5.74) is -2.76. The molecule has 5 heterocycles. The van der Waals surface area contributed by atoms with Gasteiger partial charge in [-0.25, -0.2) is 9.07 Å². The quantitative estimate of drug-likeness (QED) is 0.160. The van der Waals surface area contributed by atoms with Gasteiger partial charge in [0.15, 0.2) is 6.29 Å². The first-order chi connectivity index (χ1) is 36.2. The zero-order valence-electron chi connectivity index (χ0n) is 48.2. The smallest absolute Gasteiger partial charge is 0.309 e. The fourth-order valence-corrected chi connectivity index (χ4v) is 12.8. The molecule has 20 atom stereocenters.